The number of benzene rings is 1. The highest BCUT2D eigenvalue weighted by Gasteiger charge is 2.68. The summed E-state index contributed by atoms with van der Waals surface area (Å²) in [4.78, 5) is 13.9. The van der Waals surface area contributed by atoms with Crippen molar-refractivity contribution < 1.29 is 19.2 Å². The molecule has 1 aromatic carbocycles. The number of hydrogen-bond acceptors (Lipinski definition) is 3. The minimum atomic E-state index is -0.941. The van der Waals surface area contributed by atoms with Crippen LogP contribution in [0.15, 0.2) is 24.3 Å². The summed E-state index contributed by atoms with van der Waals surface area (Å²) in [5, 5.41) is 10.1. The molecule has 5 nitrogen and oxygen atoms in total. The number of nitrogens with zero attached hydrogens (tertiary/aromatic N) is 1. The SMILES string of the molecule is CC(C)(C)C1(B2OC(C)(C)C(C)(C)O2)c2ccccc2CCN1C(=O)O. The van der Waals surface area contributed by atoms with E-state index in [4.69, 9.17) is 9.31 Å². The lowest BCUT2D eigenvalue weighted by Gasteiger charge is -2.54. The van der Waals surface area contributed by atoms with Crippen molar-refractivity contribution in [3.63, 3.8) is 0 Å². The molecule has 6 heteroatoms. The minimum Gasteiger partial charge on any atom is -0.465 e. The molecule has 1 N–H and O–H groups in total. The molecule has 0 spiro atoms. The second-order valence-electron chi connectivity index (χ2n) is 9.45. The van der Waals surface area contributed by atoms with E-state index in [-0.39, 0.29) is 0 Å². The summed E-state index contributed by atoms with van der Waals surface area (Å²) in [6.07, 6.45) is -0.246. The van der Waals surface area contributed by atoms with Gasteiger partial charge in [0.1, 0.15) is 5.44 Å². The fraction of sp³-hybridized carbons (Fsp3) is 0.650. The summed E-state index contributed by atoms with van der Waals surface area (Å²) >= 11 is 0. The average molecular weight is 359 g/mol. The van der Waals surface area contributed by atoms with Gasteiger partial charge in [0.05, 0.1) is 11.2 Å². The molecule has 0 bridgehead atoms. The lowest BCUT2D eigenvalue weighted by molar-refractivity contribution is 0.00578. The lowest BCUT2D eigenvalue weighted by atomic mass is 9.47. The van der Waals surface area contributed by atoms with E-state index in [0.29, 0.717) is 13.0 Å². The Bertz CT molecular complexity index is 709. The van der Waals surface area contributed by atoms with Crippen LogP contribution in [-0.4, -0.2) is 41.0 Å². The van der Waals surface area contributed by atoms with Crippen LogP contribution in [0.5, 0.6) is 0 Å². The first-order chi connectivity index (χ1) is 11.8. The van der Waals surface area contributed by atoms with Crippen LogP contribution in [0.2, 0.25) is 0 Å². The predicted molar refractivity (Wildman–Crippen MR) is 102 cm³/mol. The van der Waals surface area contributed by atoms with Crippen LogP contribution in [0.4, 0.5) is 4.79 Å². The largest absolute Gasteiger partial charge is 0.491 e. The molecule has 1 fully saturated rings. The summed E-state index contributed by atoms with van der Waals surface area (Å²) in [7, 11) is -0.690. The maximum atomic E-state index is 12.3. The van der Waals surface area contributed by atoms with Crippen molar-refractivity contribution in [3.05, 3.63) is 35.4 Å². The van der Waals surface area contributed by atoms with Gasteiger partial charge >= 0.3 is 13.2 Å². The quantitative estimate of drug-likeness (QED) is 0.767. The van der Waals surface area contributed by atoms with Crippen molar-refractivity contribution in [2.24, 2.45) is 5.41 Å². The van der Waals surface area contributed by atoms with E-state index in [9.17, 15) is 9.90 Å². The van der Waals surface area contributed by atoms with Crippen molar-refractivity contribution >= 4 is 13.2 Å². The Morgan fingerprint density at radius 1 is 1.12 bits per heavy atom. The van der Waals surface area contributed by atoms with Gasteiger partial charge in [0.15, 0.2) is 0 Å². The minimum absolute atomic E-state index is 0.424. The Labute approximate surface area is 156 Å². The molecule has 1 aromatic rings. The Kier molecular flexibility index (Phi) is 4.24. The number of carboxylic acid groups (broad SMARTS) is 1. The molecule has 0 aliphatic carbocycles. The third kappa shape index (κ3) is 2.49. The Hall–Kier alpha value is -1.53. The third-order valence-electron chi connectivity index (χ3n) is 6.43. The molecular weight excluding hydrogens is 329 g/mol. The van der Waals surface area contributed by atoms with Crippen LogP contribution in [0.3, 0.4) is 0 Å². The Balaban J connectivity index is 2.29. The van der Waals surface area contributed by atoms with Crippen molar-refractivity contribution in [3.8, 4) is 0 Å². The molecule has 2 heterocycles. The van der Waals surface area contributed by atoms with E-state index in [2.05, 4.69) is 26.8 Å². The first kappa shape index (κ1) is 19.2. The number of amides is 1. The molecule has 142 valence electrons. The molecule has 0 aromatic heterocycles. The summed E-state index contributed by atoms with van der Waals surface area (Å²) < 4.78 is 12.9. The average Bonchev–Trinajstić information content (AvgIpc) is 2.72. The summed E-state index contributed by atoms with van der Waals surface area (Å²) in [6, 6.07) is 8.09. The molecule has 2 aliphatic rings. The highest BCUT2D eigenvalue weighted by Crippen LogP contribution is 2.54. The normalized spacial score (nSPS) is 27.3. The summed E-state index contributed by atoms with van der Waals surface area (Å²) in [5.41, 5.74) is -0.296. The van der Waals surface area contributed by atoms with Gasteiger partial charge in [0.2, 0.25) is 0 Å². The number of carbonyl (C=O) groups is 1. The number of rotatable bonds is 1. The molecule has 26 heavy (non-hydrogen) atoms. The van der Waals surface area contributed by atoms with Crippen molar-refractivity contribution in [2.75, 3.05) is 6.54 Å². The predicted octanol–water partition coefficient (Wildman–Crippen LogP) is 4.10. The zero-order valence-corrected chi connectivity index (χ0v) is 16.9. The van der Waals surface area contributed by atoms with Crippen LogP contribution in [0, 0.1) is 5.41 Å². The molecule has 1 unspecified atom stereocenters. The number of hydrogen-bond donors (Lipinski definition) is 1. The zero-order chi connectivity index (χ0) is 19.5. The third-order valence-corrected chi connectivity index (χ3v) is 6.43. The second kappa shape index (κ2) is 5.73. The van der Waals surface area contributed by atoms with E-state index in [1.807, 2.05) is 45.9 Å². The van der Waals surface area contributed by atoms with Crippen LogP contribution in [0.25, 0.3) is 0 Å². The number of fused-ring (bicyclic) bond motifs is 1. The maximum absolute atomic E-state index is 12.3. The molecule has 1 amide bonds. The van der Waals surface area contributed by atoms with Crippen LogP contribution >= 0.6 is 0 Å². The van der Waals surface area contributed by atoms with E-state index in [0.717, 1.165) is 11.1 Å². The van der Waals surface area contributed by atoms with Crippen molar-refractivity contribution in [1.82, 2.24) is 4.90 Å². The second-order valence-corrected chi connectivity index (χ2v) is 9.45. The van der Waals surface area contributed by atoms with Crippen LogP contribution < -0.4 is 0 Å². The van der Waals surface area contributed by atoms with Gasteiger partial charge in [-0.2, -0.15) is 0 Å². The van der Waals surface area contributed by atoms with Gasteiger partial charge in [0.25, 0.3) is 0 Å². The fourth-order valence-electron chi connectivity index (χ4n) is 4.34. The van der Waals surface area contributed by atoms with Crippen LogP contribution in [-0.2, 0) is 21.2 Å². The molecule has 3 rings (SSSR count). The smallest absolute Gasteiger partial charge is 0.465 e. The van der Waals surface area contributed by atoms with Gasteiger partial charge in [-0.25, -0.2) is 4.79 Å². The van der Waals surface area contributed by atoms with Gasteiger partial charge in [-0.05, 0) is 50.7 Å². The lowest BCUT2D eigenvalue weighted by Crippen LogP contribution is -2.68. The monoisotopic (exact) mass is 359 g/mol. The van der Waals surface area contributed by atoms with Gasteiger partial charge in [0, 0.05) is 6.54 Å². The highest BCUT2D eigenvalue weighted by atomic mass is 16.7. The molecule has 1 atom stereocenters. The van der Waals surface area contributed by atoms with Crippen molar-refractivity contribution in [2.45, 2.75) is 71.5 Å². The highest BCUT2D eigenvalue weighted by molar-refractivity contribution is 6.50. The molecule has 0 radical (unpaired) electrons. The van der Waals surface area contributed by atoms with Gasteiger partial charge in [-0.3, -0.25) is 4.90 Å². The maximum Gasteiger partial charge on any atom is 0.491 e. The fourth-order valence-corrected chi connectivity index (χ4v) is 4.34. The summed E-state index contributed by atoms with van der Waals surface area (Å²) in [6.45, 7) is 14.6. The van der Waals surface area contributed by atoms with Crippen LogP contribution in [0.1, 0.15) is 59.6 Å². The van der Waals surface area contributed by atoms with E-state index in [1.165, 1.54) is 4.90 Å². The summed E-state index contributed by atoms with van der Waals surface area (Å²) in [5.74, 6) is 0. The molecule has 0 saturated carbocycles. The van der Waals surface area contributed by atoms with E-state index < -0.39 is 35.3 Å². The standard InChI is InChI=1S/C20H30BNO4/c1-17(2,3)20(21-25-18(4,5)19(6,7)26-21)15-11-9-8-10-14(15)12-13-22(20)16(23)24/h8-11H,12-13H2,1-7H3,(H,23,24). The Morgan fingerprint density at radius 2 is 1.65 bits per heavy atom. The molecule has 2 aliphatic heterocycles. The molecular formula is C20H30BNO4. The first-order valence-electron chi connectivity index (χ1n) is 9.29. The van der Waals surface area contributed by atoms with E-state index >= 15 is 0 Å². The first-order valence-corrected chi connectivity index (χ1v) is 9.29. The van der Waals surface area contributed by atoms with Gasteiger partial charge in [-0.1, -0.05) is 45.0 Å². The zero-order valence-electron chi connectivity index (χ0n) is 16.9. The van der Waals surface area contributed by atoms with Crippen molar-refractivity contribution in [1.29, 1.82) is 0 Å². The van der Waals surface area contributed by atoms with E-state index in [1.54, 1.807) is 0 Å². The van der Waals surface area contributed by atoms with Gasteiger partial charge < -0.3 is 14.4 Å². The molecule has 1 saturated heterocycles. The van der Waals surface area contributed by atoms with Gasteiger partial charge in [-0.15, -0.1) is 0 Å². The Morgan fingerprint density at radius 3 is 2.15 bits per heavy atom. The topological polar surface area (TPSA) is 59.0 Å².